The number of thioether (sulfide) groups is 1. The Morgan fingerprint density at radius 3 is 2.90 bits per heavy atom. The molecule has 1 amide bonds. The van der Waals surface area contributed by atoms with E-state index < -0.39 is 5.82 Å². The highest BCUT2D eigenvalue weighted by Gasteiger charge is 2.15. The van der Waals surface area contributed by atoms with E-state index in [0.29, 0.717) is 5.03 Å². The van der Waals surface area contributed by atoms with Crippen molar-refractivity contribution < 1.29 is 9.18 Å². The van der Waals surface area contributed by atoms with Crippen molar-refractivity contribution in [3.8, 4) is 0 Å². The quantitative estimate of drug-likeness (QED) is 0.296. The Balaban J connectivity index is 1.46. The van der Waals surface area contributed by atoms with Gasteiger partial charge in [-0.25, -0.2) is 19.3 Å². The summed E-state index contributed by atoms with van der Waals surface area (Å²) in [5, 5.41) is 5.35. The number of nitrogens with zero attached hydrogens (tertiary/aromatic N) is 3. The van der Waals surface area contributed by atoms with Crippen LogP contribution in [-0.2, 0) is 4.79 Å². The maximum absolute atomic E-state index is 13.7. The first-order valence-corrected chi connectivity index (χ1v) is 11.0. The molecule has 0 bridgehead atoms. The van der Waals surface area contributed by atoms with Crippen LogP contribution in [-0.4, -0.2) is 26.6 Å². The second kappa shape index (κ2) is 7.62. The molecule has 8 heteroatoms. The number of hydrogen-bond donors (Lipinski definition) is 1. The summed E-state index contributed by atoms with van der Waals surface area (Å²) in [6.07, 6.45) is 1.50. The molecule has 5 nitrogen and oxygen atoms in total. The van der Waals surface area contributed by atoms with Crippen molar-refractivity contribution in [2.75, 3.05) is 11.1 Å². The fourth-order valence-corrected chi connectivity index (χ4v) is 5.22. The fraction of sp³-hybridized carbons (Fsp3) is 0.0909. The van der Waals surface area contributed by atoms with Crippen molar-refractivity contribution in [3.05, 3.63) is 66.2 Å². The van der Waals surface area contributed by atoms with Crippen LogP contribution < -0.4 is 5.32 Å². The molecular weight excluding hydrogens is 419 g/mol. The zero-order valence-electron chi connectivity index (χ0n) is 15.8. The maximum atomic E-state index is 13.7. The summed E-state index contributed by atoms with van der Waals surface area (Å²) in [4.78, 5) is 26.8. The van der Waals surface area contributed by atoms with Crippen molar-refractivity contribution >= 4 is 66.0 Å². The van der Waals surface area contributed by atoms with Gasteiger partial charge in [0.15, 0.2) is 0 Å². The van der Waals surface area contributed by atoms with E-state index in [0.717, 1.165) is 36.9 Å². The smallest absolute Gasteiger partial charge is 0.234 e. The van der Waals surface area contributed by atoms with Crippen LogP contribution in [0.15, 0.2) is 59.9 Å². The Bertz CT molecular complexity index is 1430. The molecule has 2 aromatic carbocycles. The highest BCUT2D eigenvalue weighted by molar-refractivity contribution is 8.00. The van der Waals surface area contributed by atoms with Crippen molar-refractivity contribution in [1.82, 2.24) is 15.0 Å². The molecule has 0 saturated heterocycles. The predicted molar refractivity (Wildman–Crippen MR) is 121 cm³/mol. The lowest BCUT2D eigenvalue weighted by Crippen LogP contribution is -2.15. The number of thiophene rings is 1. The molecule has 0 aliphatic heterocycles. The number of halogens is 1. The van der Waals surface area contributed by atoms with E-state index >= 15 is 0 Å². The summed E-state index contributed by atoms with van der Waals surface area (Å²) < 4.78 is 14.6. The topological polar surface area (TPSA) is 67.8 Å². The highest BCUT2D eigenvalue weighted by atomic mass is 32.2. The van der Waals surface area contributed by atoms with E-state index in [4.69, 9.17) is 4.98 Å². The van der Waals surface area contributed by atoms with Crippen LogP contribution in [0.25, 0.3) is 31.3 Å². The van der Waals surface area contributed by atoms with Gasteiger partial charge in [-0.3, -0.25) is 4.79 Å². The molecule has 0 spiro atoms. The van der Waals surface area contributed by atoms with Crippen LogP contribution >= 0.6 is 23.1 Å². The van der Waals surface area contributed by atoms with Gasteiger partial charge in [-0.05, 0) is 36.8 Å². The van der Waals surface area contributed by atoms with Gasteiger partial charge in [0.1, 0.15) is 22.0 Å². The second-order valence-electron chi connectivity index (χ2n) is 6.81. The Hall–Kier alpha value is -3.10. The fourth-order valence-electron chi connectivity index (χ4n) is 3.23. The lowest BCUT2D eigenvalue weighted by atomic mass is 10.1. The Morgan fingerprint density at radius 2 is 2.03 bits per heavy atom. The van der Waals surface area contributed by atoms with Gasteiger partial charge in [0.25, 0.3) is 0 Å². The van der Waals surface area contributed by atoms with Crippen molar-refractivity contribution in [2.24, 2.45) is 0 Å². The highest BCUT2D eigenvalue weighted by Crippen LogP contribution is 2.37. The number of rotatable bonds is 4. The van der Waals surface area contributed by atoms with Crippen molar-refractivity contribution in [2.45, 2.75) is 11.9 Å². The molecule has 0 saturated carbocycles. The van der Waals surface area contributed by atoms with Crippen molar-refractivity contribution in [3.63, 3.8) is 0 Å². The van der Waals surface area contributed by atoms with Gasteiger partial charge in [-0.1, -0.05) is 36.0 Å². The number of hydrogen-bond acceptors (Lipinski definition) is 6. The number of carbonyl (C=O) groups excluding carboxylic acids is 1. The summed E-state index contributed by atoms with van der Waals surface area (Å²) in [6, 6.07) is 14.4. The Kier molecular flexibility index (Phi) is 4.80. The number of anilines is 1. The summed E-state index contributed by atoms with van der Waals surface area (Å²) in [6.45, 7) is 2.04. The van der Waals surface area contributed by atoms with Crippen LogP contribution in [0.3, 0.4) is 0 Å². The number of amides is 1. The molecule has 0 unspecified atom stereocenters. The molecular formula is C22H15FN4OS2. The minimum Gasteiger partial charge on any atom is -0.323 e. The van der Waals surface area contributed by atoms with Gasteiger partial charge in [-0.2, -0.15) is 0 Å². The van der Waals surface area contributed by atoms with Gasteiger partial charge in [0.2, 0.25) is 5.91 Å². The standard InChI is InChI=1S/C22H15FN4OS2/c1-12-6-7-13-9-14-19-20(30-21(14)27-17(13)8-12)22(25-11-24-19)29-10-18(28)26-16-5-3-2-4-15(16)23/h2-9,11H,10H2,1H3,(H,26,28). The molecule has 5 rings (SSSR count). The molecule has 1 N–H and O–H groups in total. The molecule has 5 aromatic rings. The van der Waals surface area contributed by atoms with Crippen LogP contribution in [0, 0.1) is 12.7 Å². The van der Waals surface area contributed by atoms with Crippen LogP contribution in [0.2, 0.25) is 0 Å². The molecule has 3 aromatic heterocycles. The molecule has 0 fully saturated rings. The number of para-hydroxylation sites is 1. The maximum Gasteiger partial charge on any atom is 0.234 e. The third kappa shape index (κ3) is 3.48. The van der Waals surface area contributed by atoms with Gasteiger partial charge in [0.05, 0.1) is 27.2 Å². The van der Waals surface area contributed by atoms with E-state index in [9.17, 15) is 9.18 Å². The van der Waals surface area contributed by atoms with Gasteiger partial charge < -0.3 is 5.32 Å². The number of aryl methyl sites for hydroxylation is 1. The van der Waals surface area contributed by atoms with Crippen LogP contribution in [0.5, 0.6) is 0 Å². The summed E-state index contributed by atoms with van der Waals surface area (Å²) in [5.41, 5.74) is 3.11. The number of carbonyl (C=O) groups is 1. The lowest BCUT2D eigenvalue weighted by Gasteiger charge is -2.06. The SMILES string of the molecule is Cc1ccc2cc3c(nc2c1)sc1c(SCC(=O)Nc2ccccc2F)ncnc13. The van der Waals surface area contributed by atoms with E-state index in [1.807, 2.05) is 6.92 Å². The third-order valence-electron chi connectivity index (χ3n) is 4.65. The van der Waals surface area contributed by atoms with Crippen LogP contribution in [0.1, 0.15) is 5.56 Å². The van der Waals surface area contributed by atoms with Gasteiger partial charge in [0, 0.05) is 10.8 Å². The first-order chi connectivity index (χ1) is 14.6. The molecule has 0 radical (unpaired) electrons. The number of aromatic nitrogens is 3. The number of fused-ring (bicyclic) bond motifs is 4. The summed E-state index contributed by atoms with van der Waals surface area (Å²) in [5.74, 6) is -0.640. The number of benzene rings is 2. The lowest BCUT2D eigenvalue weighted by molar-refractivity contribution is -0.113. The minimum absolute atomic E-state index is 0.114. The van der Waals surface area contributed by atoms with Crippen LogP contribution in [0.4, 0.5) is 10.1 Å². The number of pyridine rings is 1. The normalized spacial score (nSPS) is 11.4. The van der Waals surface area contributed by atoms with E-state index in [2.05, 4.69) is 39.6 Å². The Morgan fingerprint density at radius 1 is 1.17 bits per heavy atom. The molecule has 0 aliphatic carbocycles. The summed E-state index contributed by atoms with van der Waals surface area (Å²) >= 11 is 2.82. The zero-order valence-corrected chi connectivity index (χ0v) is 17.5. The second-order valence-corrected chi connectivity index (χ2v) is 8.78. The molecule has 3 heterocycles. The van der Waals surface area contributed by atoms with E-state index in [-0.39, 0.29) is 17.3 Å². The monoisotopic (exact) mass is 434 g/mol. The van der Waals surface area contributed by atoms with E-state index in [1.165, 1.54) is 41.6 Å². The van der Waals surface area contributed by atoms with Crippen molar-refractivity contribution in [1.29, 1.82) is 0 Å². The average molecular weight is 435 g/mol. The number of nitrogens with one attached hydrogen (secondary N) is 1. The first kappa shape index (κ1) is 18.9. The molecule has 0 aliphatic rings. The molecule has 148 valence electrons. The first-order valence-electron chi connectivity index (χ1n) is 9.20. The summed E-state index contributed by atoms with van der Waals surface area (Å²) in [7, 11) is 0. The predicted octanol–water partition coefficient (Wildman–Crippen LogP) is 5.57. The largest absolute Gasteiger partial charge is 0.323 e. The van der Waals surface area contributed by atoms with Gasteiger partial charge >= 0.3 is 0 Å². The average Bonchev–Trinajstić information content (AvgIpc) is 3.10. The molecule has 0 atom stereocenters. The van der Waals surface area contributed by atoms with Gasteiger partial charge in [-0.15, -0.1) is 11.3 Å². The molecule has 30 heavy (non-hydrogen) atoms. The Labute approximate surface area is 179 Å². The zero-order chi connectivity index (χ0) is 20.7. The van der Waals surface area contributed by atoms with E-state index in [1.54, 1.807) is 12.1 Å². The minimum atomic E-state index is -0.460. The third-order valence-corrected chi connectivity index (χ3v) is 6.87.